The van der Waals surface area contributed by atoms with E-state index in [9.17, 15) is 0 Å². The lowest BCUT2D eigenvalue weighted by Crippen LogP contribution is -2.47. The van der Waals surface area contributed by atoms with E-state index in [0.717, 1.165) is 31.9 Å². The minimum absolute atomic E-state index is 0.130. The first-order valence-corrected chi connectivity index (χ1v) is 6.55. The van der Waals surface area contributed by atoms with Gasteiger partial charge in [0.2, 0.25) is 0 Å². The number of rotatable bonds is 4. The lowest BCUT2D eigenvalue weighted by molar-refractivity contribution is 0.104. The number of aryl methyl sites for hydroxylation is 1. The molecule has 0 bridgehead atoms. The van der Waals surface area contributed by atoms with E-state index < -0.39 is 0 Å². The Hall–Kier alpha value is -1.22. The van der Waals surface area contributed by atoms with Crippen LogP contribution in [0.1, 0.15) is 25.8 Å². The van der Waals surface area contributed by atoms with Crippen molar-refractivity contribution >= 4 is 5.69 Å². The molecule has 0 saturated carbocycles. The smallest absolute Gasteiger partial charge is 0.143 e. The van der Waals surface area contributed by atoms with E-state index >= 15 is 0 Å². The van der Waals surface area contributed by atoms with Gasteiger partial charge >= 0.3 is 0 Å². The van der Waals surface area contributed by atoms with E-state index in [2.05, 4.69) is 43.9 Å². The van der Waals surface area contributed by atoms with E-state index in [1.807, 2.05) is 0 Å². The van der Waals surface area contributed by atoms with Crippen molar-refractivity contribution in [2.24, 2.45) is 0 Å². The molecule has 0 aliphatic carbocycles. The van der Waals surface area contributed by atoms with Gasteiger partial charge in [0, 0.05) is 20.3 Å². The van der Waals surface area contributed by atoms with Crippen LogP contribution in [-0.4, -0.2) is 32.4 Å². The Morgan fingerprint density at radius 3 is 2.89 bits per heavy atom. The summed E-state index contributed by atoms with van der Waals surface area (Å²) < 4.78 is 11.2. The Labute approximate surface area is 110 Å². The summed E-state index contributed by atoms with van der Waals surface area (Å²) in [7, 11) is 1.75. The lowest BCUT2D eigenvalue weighted by atomic mass is 10.0. The van der Waals surface area contributed by atoms with Crippen LogP contribution in [0.15, 0.2) is 18.2 Å². The molecule has 0 saturated heterocycles. The van der Waals surface area contributed by atoms with Crippen molar-refractivity contribution < 1.29 is 9.47 Å². The molecule has 1 aliphatic rings. The van der Waals surface area contributed by atoms with Gasteiger partial charge in [-0.3, -0.25) is 0 Å². The Balaban J connectivity index is 2.21. The van der Waals surface area contributed by atoms with Crippen LogP contribution in [0.3, 0.4) is 0 Å². The van der Waals surface area contributed by atoms with Crippen LogP contribution in [0.4, 0.5) is 5.69 Å². The van der Waals surface area contributed by atoms with Crippen molar-refractivity contribution in [1.82, 2.24) is 0 Å². The third-order valence-electron chi connectivity index (χ3n) is 3.19. The molecule has 0 N–H and O–H groups in total. The van der Waals surface area contributed by atoms with Crippen molar-refractivity contribution in [3.8, 4) is 5.75 Å². The van der Waals surface area contributed by atoms with Crippen LogP contribution < -0.4 is 9.64 Å². The summed E-state index contributed by atoms with van der Waals surface area (Å²) in [5, 5.41) is 0. The van der Waals surface area contributed by atoms with E-state index in [-0.39, 0.29) is 5.60 Å². The predicted octanol–water partition coefficient (Wildman–Crippen LogP) is 3.01. The Kier molecular flexibility index (Phi) is 3.81. The SMILES string of the molecule is COCCCN1CC(C)(C)Oc2ccc(C)cc21. The third kappa shape index (κ3) is 2.96. The van der Waals surface area contributed by atoms with Crippen molar-refractivity contribution in [3.05, 3.63) is 23.8 Å². The highest BCUT2D eigenvalue weighted by atomic mass is 16.5. The van der Waals surface area contributed by atoms with Gasteiger partial charge in [0.1, 0.15) is 11.4 Å². The first-order chi connectivity index (χ1) is 8.52. The maximum atomic E-state index is 6.04. The summed E-state index contributed by atoms with van der Waals surface area (Å²) in [6.45, 7) is 9.13. The number of benzene rings is 1. The molecule has 3 heteroatoms. The number of fused-ring (bicyclic) bond motifs is 1. The molecule has 1 heterocycles. The van der Waals surface area contributed by atoms with Crippen molar-refractivity contribution in [2.75, 3.05) is 31.7 Å². The molecule has 0 atom stereocenters. The van der Waals surface area contributed by atoms with Crippen molar-refractivity contribution in [3.63, 3.8) is 0 Å². The molecule has 1 aromatic carbocycles. The highest BCUT2D eigenvalue weighted by Gasteiger charge is 2.31. The summed E-state index contributed by atoms with van der Waals surface area (Å²) in [4.78, 5) is 2.41. The second-order valence-electron chi connectivity index (χ2n) is 5.60. The van der Waals surface area contributed by atoms with Gasteiger partial charge in [0.25, 0.3) is 0 Å². The maximum absolute atomic E-state index is 6.04. The zero-order chi connectivity index (χ0) is 13.2. The quantitative estimate of drug-likeness (QED) is 0.766. The van der Waals surface area contributed by atoms with Gasteiger partial charge < -0.3 is 14.4 Å². The van der Waals surface area contributed by atoms with E-state index in [0.29, 0.717) is 0 Å². The molecule has 0 aromatic heterocycles. The highest BCUT2D eigenvalue weighted by Crippen LogP contribution is 2.37. The van der Waals surface area contributed by atoms with Gasteiger partial charge in [-0.15, -0.1) is 0 Å². The summed E-state index contributed by atoms with van der Waals surface area (Å²) in [6.07, 6.45) is 1.04. The first kappa shape index (κ1) is 13.2. The first-order valence-electron chi connectivity index (χ1n) is 6.55. The summed E-state index contributed by atoms with van der Waals surface area (Å²) in [5.74, 6) is 0.995. The number of nitrogens with zero attached hydrogens (tertiary/aromatic N) is 1. The van der Waals surface area contributed by atoms with Crippen LogP contribution in [0, 0.1) is 6.92 Å². The van der Waals surface area contributed by atoms with Crippen molar-refractivity contribution in [2.45, 2.75) is 32.8 Å². The number of hydrogen-bond acceptors (Lipinski definition) is 3. The average Bonchev–Trinajstić information content (AvgIpc) is 2.29. The summed E-state index contributed by atoms with van der Waals surface area (Å²) in [5.41, 5.74) is 2.36. The molecule has 100 valence electrons. The Morgan fingerprint density at radius 1 is 1.39 bits per heavy atom. The van der Waals surface area contributed by atoms with E-state index in [1.165, 1.54) is 11.3 Å². The van der Waals surface area contributed by atoms with E-state index in [4.69, 9.17) is 9.47 Å². The van der Waals surface area contributed by atoms with Gasteiger partial charge in [-0.2, -0.15) is 0 Å². The summed E-state index contributed by atoms with van der Waals surface area (Å²) >= 11 is 0. The molecule has 0 unspecified atom stereocenters. The molecule has 1 aliphatic heterocycles. The normalized spacial score (nSPS) is 17.2. The van der Waals surface area contributed by atoms with Gasteiger partial charge in [-0.25, -0.2) is 0 Å². The minimum Gasteiger partial charge on any atom is -0.484 e. The number of methoxy groups -OCH3 is 1. The van der Waals surface area contributed by atoms with Gasteiger partial charge in [-0.05, 0) is 44.9 Å². The second kappa shape index (κ2) is 5.19. The van der Waals surface area contributed by atoms with Crippen LogP contribution in [-0.2, 0) is 4.74 Å². The zero-order valence-corrected chi connectivity index (χ0v) is 11.8. The Bertz CT molecular complexity index is 415. The molecular formula is C15H23NO2. The molecule has 3 nitrogen and oxygen atoms in total. The standard InChI is InChI=1S/C15H23NO2/c1-12-6-7-14-13(10-12)16(8-5-9-17-4)11-15(2,3)18-14/h6-7,10H,5,8-9,11H2,1-4H3. The van der Waals surface area contributed by atoms with Crippen LogP contribution in [0.2, 0.25) is 0 Å². The maximum Gasteiger partial charge on any atom is 0.143 e. The molecule has 1 aromatic rings. The van der Waals surface area contributed by atoms with Gasteiger partial charge in [-0.1, -0.05) is 6.07 Å². The van der Waals surface area contributed by atoms with Crippen LogP contribution >= 0.6 is 0 Å². The zero-order valence-electron chi connectivity index (χ0n) is 11.8. The topological polar surface area (TPSA) is 21.7 Å². The number of hydrogen-bond donors (Lipinski definition) is 0. The fourth-order valence-electron chi connectivity index (χ4n) is 2.43. The predicted molar refractivity (Wildman–Crippen MR) is 74.6 cm³/mol. The van der Waals surface area contributed by atoms with Crippen molar-refractivity contribution in [1.29, 1.82) is 0 Å². The van der Waals surface area contributed by atoms with Crippen LogP contribution in [0.25, 0.3) is 0 Å². The van der Waals surface area contributed by atoms with Gasteiger partial charge in [0.15, 0.2) is 0 Å². The molecule has 0 amide bonds. The fraction of sp³-hybridized carbons (Fsp3) is 0.600. The average molecular weight is 249 g/mol. The summed E-state index contributed by atoms with van der Waals surface area (Å²) in [6, 6.07) is 6.39. The number of anilines is 1. The lowest BCUT2D eigenvalue weighted by Gasteiger charge is -2.41. The molecule has 18 heavy (non-hydrogen) atoms. The molecule has 0 radical (unpaired) electrons. The molecule has 2 rings (SSSR count). The molecule has 0 fully saturated rings. The Morgan fingerprint density at radius 2 is 2.17 bits per heavy atom. The van der Waals surface area contributed by atoms with Gasteiger partial charge in [0.05, 0.1) is 12.2 Å². The monoisotopic (exact) mass is 249 g/mol. The highest BCUT2D eigenvalue weighted by molar-refractivity contribution is 5.62. The largest absolute Gasteiger partial charge is 0.484 e. The second-order valence-corrected chi connectivity index (χ2v) is 5.60. The van der Waals surface area contributed by atoms with E-state index in [1.54, 1.807) is 7.11 Å². The minimum atomic E-state index is -0.130. The number of ether oxygens (including phenoxy) is 2. The molecular weight excluding hydrogens is 226 g/mol. The third-order valence-corrected chi connectivity index (χ3v) is 3.19. The molecule has 0 spiro atoms. The van der Waals surface area contributed by atoms with Crippen LogP contribution in [0.5, 0.6) is 5.75 Å². The fourth-order valence-corrected chi connectivity index (χ4v) is 2.43.